The van der Waals surface area contributed by atoms with E-state index in [1.807, 2.05) is 0 Å². The second-order valence-electron chi connectivity index (χ2n) is 6.87. The molecule has 1 nitrogen and oxygen atoms in total. The zero-order valence-corrected chi connectivity index (χ0v) is 13.2. The highest BCUT2D eigenvalue weighted by molar-refractivity contribution is 6.49. The number of rotatable bonds is 0. The van der Waals surface area contributed by atoms with Crippen molar-refractivity contribution in [3.05, 3.63) is 10.1 Å². The van der Waals surface area contributed by atoms with Gasteiger partial charge in [-0.25, -0.2) is 0 Å². The van der Waals surface area contributed by atoms with Crippen LogP contribution in [0.15, 0.2) is 10.1 Å². The van der Waals surface area contributed by atoms with E-state index in [0.29, 0.717) is 45.9 Å². The molecule has 7 rings (SSSR count). The van der Waals surface area contributed by atoms with Crippen LogP contribution in [-0.4, -0.2) is 22.0 Å². The molecule has 1 aliphatic heterocycles. The summed E-state index contributed by atoms with van der Waals surface area (Å²) in [5, 5.41) is 1.23. The minimum Gasteiger partial charge on any atom is -0.369 e. The summed E-state index contributed by atoms with van der Waals surface area (Å²) in [5.74, 6) is 1.74. The molecule has 0 spiro atoms. The predicted octanol–water partition coefficient (Wildman–Crippen LogP) is 4.48. The van der Waals surface area contributed by atoms with Crippen LogP contribution in [0.2, 0.25) is 0 Å². The highest BCUT2D eigenvalue weighted by atomic mass is 35.5. The first-order chi connectivity index (χ1) is 8.98. The number of hydrogen-bond acceptors (Lipinski definition) is 1. The highest BCUT2D eigenvalue weighted by Gasteiger charge is 2.75. The molecule has 4 bridgehead atoms. The summed E-state index contributed by atoms with van der Waals surface area (Å²) in [7, 11) is 0. The summed E-state index contributed by atoms with van der Waals surface area (Å²) in [4.78, 5) is -0.972. The molecule has 5 heteroatoms. The minimum atomic E-state index is -0.486. The average Bonchev–Trinajstić information content (AvgIpc) is 3.21. The smallest absolute Gasteiger partial charge is 0.0876 e. The molecule has 0 radical (unpaired) electrons. The molecule has 4 saturated carbocycles. The Kier molecular flexibility index (Phi) is 2.24. The Balaban J connectivity index is 1.75. The van der Waals surface area contributed by atoms with Crippen molar-refractivity contribution in [3.8, 4) is 0 Å². The first kappa shape index (κ1) is 12.4. The van der Waals surface area contributed by atoms with Crippen LogP contribution in [0.1, 0.15) is 25.7 Å². The summed E-state index contributed by atoms with van der Waals surface area (Å²) < 4.78 is 5.92. The van der Waals surface area contributed by atoms with Gasteiger partial charge in [0.2, 0.25) is 0 Å². The van der Waals surface area contributed by atoms with E-state index in [9.17, 15) is 0 Å². The van der Waals surface area contributed by atoms with Crippen molar-refractivity contribution in [3.63, 3.8) is 0 Å². The van der Waals surface area contributed by atoms with Crippen LogP contribution in [0.25, 0.3) is 0 Å². The summed E-state index contributed by atoms with van der Waals surface area (Å²) in [6.07, 6.45) is 4.92. The van der Waals surface area contributed by atoms with Crippen LogP contribution in [0.5, 0.6) is 0 Å². The fraction of sp³-hybridized carbons (Fsp3) is 0.857. The van der Waals surface area contributed by atoms with Gasteiger partial charge in [0.25, 0.3) is 0 Å². The van der Waals surface area contributed by atoms with E-state index in [-0.39, 0.29) is 0 Å². The van der Waals surface area contributed by atoms with Gasteiger partial charge in [-0.05, 0) is 49.4 Å². The van der Waals surface area contributed by atoms with Crippen molar-refractivity contribution in [1.29, 1.82) is 0 Å². The van der Waals surface area contributed by atoms with E-state index < -0.39 is 9.75 Å². The van der Waals surface area contributed by atoms with Crippen LogP contribution in [0, 0.1) is 23.7 Å². The third-order valence-electron chi connectivity index (χ3n) is 6.38. The van der Waals surface area contributed by atoms with E-state index in [2.05, 4.69) is 0 Å². The molecule has 0 N–H and O–H groups in total. The second kappa shape index (κ2) is 3.43. The third-order valence-corrected chi connectivity index (χ3v) is 8.98. The Hall–Kier alpha value is 0.860. The lowest BCUT2D eigenvalue weighted by molar-refractivity contribution is -0.0217. The van der Waals surface area contributed by atoms with Crippen LogP contribution < -0.4 is 0 Å². The van der Waals surface area contributed by atoms with Crippen LogP contribution >= 0.6 is 46.4 Å². The molecule has 1 saturated heterocycles. The van der Waals surface area contributed by atoms with Gasteiger partial charge in [0.05, 0.1) is 32.0 Å². The first-order valence-corrected chi connectivity index (χ1v) is 8.59. The van der Waals surface area contributed by atoms with E-state index in [1.54, 1.807) is 0 Å². The molecule has 6 aliphatic carbocycles. The Morgan fingerprint density at radius 2 is 1.26 bits per heavy atom. The maximum absolute atomic E-state index is 6.97. The van der Waals surface area contributed by atoms with E-state index in [1.165, 1.54) is 12.8 Å². The molecular weight excluding hydrogens is 326 g/mol. The van der Waals surface area contributed by atoms with Crippen LogP contribution in [-0.2, 0) is 4.74 Å². The Bertz CT molecular complexity index is 476. The number of ether oxygens (including phenoxy) is 1. The van der Waals surface area contributed by atoms with Crippen molar-refractivity contribution < 1.29 is 4.74 Å². The number of hydrogen-bond donors (Lipinski definition) is 0. The van der Waals surface area contributed by atoms with Gasteiger partial charge in [-0.2, -0.15) is 0 Å². The molecule has 0 unspecified atom stereocenters. The number of fused-ring (bicyclic) bond motifs is 2. The van der Waals surface area contributed by atoms with E-state index >= 15 is 0 Å². The lowest BCUT2D eigenvalue weighted by Gasteiger charge is -2.64. The van der Waals surface area contributed by atoms with Crippen LogP contribution in [0.4, 0.5) is 0 Å². The molecule has 0 aromatic carbocycles. The molecule has 7 aliphatic rings. The monoisotopic (exact) mass is 338 g/mol. The lowest BCUT2D eigenvalue weighted by Crippen LogP contribution is -2.66. The van der Waals surface area contributed by atoms with E-state index in [0.717, 1.165) is 12.8 Å². The molecular formula is C14H14Cl4O. The van der Waals surface area contributed by atoms with Crippen molar-refractivity contribution in [1.82, 2.24) is 0 Å². The lowest BCUT2D eigenvalue weighted by atomic mass is 9.46. The largest absolute Gasteiger partial charge is 0.369 e. The van der Waals surface area contributed by atoms with E-state index in [4.69, 9.17) is 51.1 Å². The van der Waals surface area contributed by atoms with Gasteiger partial charge in [-0.3, -0.25) is 0 Å². The predicted molar refractivity (Wildman–Crippen MR) is 77.0 cm³/mol. The van der Waals surface area contributed by atoms with Crippen molar-refractivity contribution in [2.45, 2.75) is 47.6 Å². The minimum absolute atomic E-state index is 0.345. The summed E-state index contributed by atoms with van der Waals surface area (Å²) in [6, 6.07) is 0. The first-order valence-electron chi connectivity index (χ1n) is 7.08. The molecule has 0 aromatic heterocycles. The summed E-state index contributed by atoms with van der Waals surface area (Å²) in [5.41, 5.74) is 0. The number of halogens is 4. The molecule has 19 heavy (non-hydrogen) atoms. The quantitative estimate of drug-likeness (QED) is 0.468. The SMILES string of the molecule is ClC1=C(Cl)[C@@]2(Cl)CC[C@]1(Cl)[C@H]1[C@@H]3CC[C@@H]([C@H]4O[C@@H]34)[C@H]12. The van der Waals surface area contributed by atoms with Gasteiger partial charge in [0, 0.05) is 0 Å². The summed E-state index contributed by atoms with van der Waals surface area (Å²) in [6.45, 7) is 0. The molecule has 0 amide bonds. The molecule has 8 atom stereocenters. The maximum Gasteiger partial charge on any atom is 0.0876 e. The van der Waals surface area contributed by atoms with Crippen LogP contribution in [0.3, 0.4) is 0 Å². The Morgan fingerprint density at radius 3 is 1.68 bits per heavy atom. The number of alkyl halides is 2. The average molecular weight is 340 g/mol. The van der Waals surface area contributed by atoms with Crippen molar-refractivity contribution in [2.75, 3.05) is 0 Å². The van der Waals surface area contributed by atoms with Gasteiger partial charge in [-0.1, -0.05) is 23.2 Å². The fourth-order valence-corrected chi connectivity index (χ4v) is 7.51. The van der Waals surface area contributed by atoms with Gasteiger partial charge in [0.15, 0.2) is 0 Å². The molecule has 104 valence electrons. The zero-order chi connectivity index (χ0) is 13.2. The van der Waals surface area contributed by atoms with Gasteiger partial charge < -0.3 is 4.74 Å². The Morgan fingerprint density at radius 1 is 0.842 bits per heavy atom. The Labute approximate surface area is 132 Å². The molecule has 5 fully saturated rings. The van der Waals surface area contributed by atoms with Gasteiger partial charge in [0.1, 0.15) is 0 Å². The second-order valence-corrected chi connectivity index (χ2v) is 8.98. The summed E-state index contributed by atoms with van der Waals surface area (Å²) >= 11 is 26.9. The molecule has 1 heterocycles. The van der Waals surface area contributed by atoms with Crippen molar-refractivity contribution >= 4 is 46.4 Å². The maximum atomic E-state index is 6.97. The van der Waals surface area contributed by atoms with Crippen molar-refractivity contribution in [2.24, 2.45) is 23.7 Å². The topological polar surface area (TPSA) is 12.5 Å². The highest BCUT2D eigenvalue weighted by Crippen LogP contribution is 2.74. The standard InChI is InChI=1S/C14H14Cl4O/c15-11-12(16)14(18)4-3-13(11,17)7-5-1-2-6(8(7)14)10-9(5)19-10/h5-10H,1-4H2/t5-,6+,7-,8+,9-,10+,13-,14+. The number of allylic oxidation sites excluding steroid dienone is 2. The normalized spacial score (nSPS) is 65.1. The molecule has 0 aromatic rings. The number of epoxide rings is 1. The van der Waals surface area contributed by atoms with Gasteiger partial charge in [-0.15, -0.1) is 23.2 Å². The fourth-order valence-electron chi connectivity index (χ4n) is 5.66. The third kappa shape index (κ3) is 1.20. The zero-order valence-electron chi connectivity index (χ0n) is 10.2. The van der Waals surface area contributed by atoms with Gasteiger partial charge >= 0.3 is 0 Å².